The molecule has 0 radical (unpaired) electrons. The molecule has 0 aliphatic rings. The van der Waals surface area contributed by atoms with E-state index in [4.69, 9.17) is 11.6 Å². The molecule has 0 aliphatic carbocycles. The van der Waals surface area contributed by atoms with Gasteiger partial charge in [0.2, 0.25) is 0 Å². The van der Waals surface area contributed by atoms with Crippen molar-refractivity contribution >= 4 is 22.9 Å². The normalized spacial score (nSPS) is 11.9. The molecule has 7 heteroatoms. The molecular formula is C14H13ClF3NOS. The molecule has 0 spiro atoms. The predicted octanol–water partition coefficient (Wildman–Crippen LogP) is 4.94. The Labute approximate surface area is 129 Å². The van der Waals surface area contributed by atoms with E-state index < -0.39 is 12.8 Å². The monoisotopic (exact) mass is 335 g/mol. The number of benzene rings is 1. The largest absolute Gasteiger partial charge is 0.411 e. The molecule has 0 amide bonds. The van der Waals surface area contributed by atoms with Crippen molar-refractivity contribution < 1.29 is 17.9 Å². The number of ether oxygens (including phenoxy) is 1. The Hall–Kier alpha value is -1.11. The number of rotatable bonds is 5. The second kappa shape index (κ2) is 6.77. The standard InChI is InChI=1S/C14H13ClF3NOS/c1-9-4-10(13-19-12(5-15)7-21-13)2-3-11(9)6-20-8-14(16,17)18/h2-4,7H,5-6,8H2,1H3. The zero-order chi connectivity index (χ0) is 15.5. The number of aromatic nitrogens is 1. The minimum Gasteiger partial charge on any atom is -0.367 e. The van der Waals surface area contributed by atoms with Gasteiger partial charge in [0.05, 0.1) is 18.2 Å². The molecule has 0 atom stereocenters. The molecule has 21 heavy (non-hydrogen) atoms. The van der Waals surface area contributed by atoms with Crippen LogP contribution in [0, 0.1) is 6.92 Å². The van der Waals surface area contributed by atoms with E-state index in [2.05, 4.69) is 9.72 Å². The molecule has 1 aromatic carbocycles. The fourth-order valence-corrected chi connectivity index (χ4v) is 2.81. The zero-order valence-electron chi connectivity index (χ0n) is 11.2. The van der Waals surface area contributed by atoms with Gasteiger partial charge in [0.1, 0.15) is 11.6 Å². The number of halogens is 4. The molecule has 0 unspecified atom stereocenters. The Balaban J connectivity index is 2.06. The van der Waals surface area contributed by atoms with E-state index in [1.54, 1.807) is 6.07 Å². The van der Waals surface area contributed by atoms with E-state index in [9.17, 15) is 13.2 Å². The summed E-state index contributed by atoms with van der Waals surface area (Å²) in [5, 5.41) is 2.73. The third-order valence-electron chi connectivity index (χ3n) is 2.80. The highest BCUT2D eigenvalue weighted by molar-refractivity contribution is 7.13. The van der Waals surface area contributed by atoms with Gasteiger partial charge in [-0.05, 0) is 24.1 Å². The van der Waals surface area contributed by atoms with Crippen LogP contribution in [0.4, 0.5) is 13.2 Å². The van der Waals surface area contributed by atoms with Crippen molar-refractivity contribution in [1.29, 1.82) is 0 Å². The number of hydrogen-bond acceptors (Lipinski definition) is 3. The van der Waals surface area contributed by atoms with E-state index >= 15 is 0 Å². The highest BCUT2D eigenvalue weighted by atomic mass is 35.5. The van der Waals surface area contributed by atoms with Gasteiger partial charge in [-0.3, -0.25) is 0 Å². The van der Waals surface area contributed by atoms with Gasteiger partial charge in [-0.2, -0.15) is 13.2 Å². The van der Waals surface area contributed by atoms with Gasteiger partial charge in [0, 0.05) is 10.9 Å². The lowest BCUT2D eigenvalue weighted by Crippen LogP contribution is -2.16. The van der Waals surface area contributed by atoms with Crippen LogP contribution in [-0.2, 0) is 17.2 Å². The lowest BCUT2D eigenvalue weighted by atomic mass is 10.1. The third-order valence-corrected chi connectivity index (χ3v) is 4.02. The number of hydrogen-bond donors (Lipinski definition) is 0. The second-order valence-corrected chi connectivity index (χ2v) is 5.65. The first-order valence-corrected chi connectivity index (χ1v) is 7.55. The van der Waals surface area contributed by atoms with Crippen LogP contribution in [0.1, 0.15) is 16.8 Å². The molecule has 0 bridgehead atoms. The fraction of sp³-hybridized carbons (Fsp3) is 0.357. The molecule has 114 valence electrons. The predicted molar refractivity (Wildman–Crippen MR) is 77.6 cm³/mol. The lowest BCUT2D eigenvalue weighted by molar-refractivity contribution is -0.176. The molecule has 1 heterocycles. The molecule has 2 aromatic rings. The lowest BCUT2D eigenvalue weighted by Gasteiger charge is -2.10. The Morgan fingerprint density at radius 3 is 2.67 bits per heavy atom. The van der Waals surface area contributed by atoms with Crippen molar-refractivity contribution in [3.05, 3.63) is 40.4 Å². The number of nitrogens with zero attached hydrogens (tertiary/aromatic N) is 1. The summed E-state index contributed by atoms with van der Waals surface area (Å²) in [7, 11) is 0. The van der Waals surface area contributed by atoms with Crippen molar-refractivity contribution in [2.24, 2.45) is 0 Å². The van der Waals surface area contributed by atoms with Gasteiger partial charge >= 0.3 is 6.18 Å². The van der Waals surface area contributed by atoms with Crippen LogP contribution in [0.3, 0.4) is 0 Å². The quantitative estimate of drug-likeness (QED) is 0.722. The maximum Gasteiger partial charge on any atom is 0.411 e. The number of alkyl halides is 4. The summed E-state index contributed by atoms with van der Waals surface area (Å²) >= 11 is 7.20. The molecule has 0 saturated carbocycles. The summed E-state index contributed by atoms with van der Waals surface area (Å²) in [5.74, 6) is 0.360. The van der Waals surface area contributed by atoms with Crippen LogP contribution in [0.15, 0.2) is 23.6 Å². The average molecular weight is 336 g/mol. The first-order chi connectivity index (χ1) is 9.89. The maximum absolute atomic E-state index is 12.0. The van der Waals surface area contributed by atoms with Gasteiger partial charge in [-0.1, -0.05) is 12.1 Å². The SMILES string of the molecule is Cc1cc(-c2nc(CCl)cs2)ccc1COCC(F)(F)F. The summed E-state index contributed by atoms with van der Waals surface area (Å²) in [5.41, 5.74) is 3.34. The number of thiazole rings is 1. The van der Waals surface area contributed by atoms with Gasteiger partial charge < -0.3 is 4.74 Å². The van der Waals surface area contributed by atoms with Crippen molar-refractivity contribution in [3.8, 4) is 10.6 Å². The summed E-state index contributed by atoms with van der Waals surface area (Å²) < 4.78 is 40.8. The molecule has 2 rings (SSSR count). The fourth-order valence-electron chi connectivity index (χ4n) is 1.77. The van der Waals surface area contributed by atoms with Gasteiger partial charge in [0.15, 0.2) is 0 Å². The first-order valence-electron chi connectivity index (χ1n) is 6.14. The number of aryl methyl sites for hydroxylation is 1. The third kappa shape index (κ3) is 4.69. The van der Waals surface area contributed by atoms with Gasteiger partial charge in [-0.15, -0.1) is 22.9 Å². The van der Waals surface area contributed by atoms with Gasteiger partial charge in [-0.25, -0.2) is 4.98 Å². The van der Waals surface area contributed by atoms with Crippen molar-refractivity contribution in [3.63, 3.8) is 0 Å². The van der Waals surface area contributed by atoms with Crippen LogP contribution in [0.2, 0.25) is 0 Å². The smallest absolute Gasteiger partial charge is 0.367 e. The Morgan fingerprint density at radius 2 is 2.10 bits per heavy atom. The zero-order valence-corrected chi connectivity index (χ0v) is 12.8. The van der Waals surface area contributed by atoms with Crippen molar-refractivity contribution in [2.75, 3.05) is 6.61 Å². The summed E-state index contributed by atoms with van der Waals surface area (Å²) in [6.45, 7) is 0.544. The van der Waals surface area contributed by atoms with Crippen molar-refractivity contribution in [2.45, 2.75) is 25.6 Å². The highest BCUT2D eigenvalue weighted by Crippen LogP contribution is 2.27. The maximum atomic E-state index is 12.0. The van der Waals surface area contributed by atoms with E-state index in [1.807, 2.05) is 24.4 Å². The molecule has 2 nitrogen and oxygen atoms in total. The van der Waals surface area contributed by atoms with Crippen LogP contribution >= 0.6 is 22.9 Å². The second-order valence-electron chi connectivity index (χ2n) is 4.53. The Kier molecular flexibility index (Phi) is 5.24. The molecule has 0 saturated heterocycles. The molecular weight excluding hydrogens is 323 g/mol. The Bertz CT molecular complexity index is 613. The summed E-state index contributed by atoms with van der Waals surface area (Å²) in [4.78, 5) is 4.37. The van der Waals surface area contributed by atoms with E-state index in [1.165, 1.54) is 11.3 Å². The first kappa shape index (κ1) is 16.3. The Morgan fingerprint density at radius 1 is 1.33 bits per heavy atom. The minimum absolute atomic E-state index is 0.0591. The van der Waals surface area contributed by atoms with Crippen LogP contribution in [-0.4, -0.2) is 17.8 Å². The highest BCUT2D eigenvalue weighted by Gasteiger charge is 2.27. The van der Waals surface area contributed by atoms with E-state index in [0.29, 0.717) is 5.88 Å². The average Bonchev–Trinajstić information content (AvgIpc) is 2.88. The molecule has 0 aliphatic heterocycles. The molecule has 0 fully saturated rings. The van der Waals surface area contributed by atoms with E-state index in [0.717, 1.165) is 27.4 Å². The van der Waals surface area contributed by atoms with E-state index in [-0.39, 0.29) is 6.61 Å². The summed E-state index contributed by atoms with van der Waals surface area (Å²) in [6.07, 6.45) is -4.30. The van der Waals surface area contributed by atoms with Crippen molar-refractivity contribution in [1.82, 2.24) is 4.98 Å². The minimum atomic E-state index is -4.30. The molecule has 1 aromatic heterocycles. The van der Waals surface area contributed by atoms with Crippen LogP contribution in [0.5, 0.6) is 0 Å². The topological polar surface area (TPSA) is 22.1 Å². The van der Waals surface area contributed by atoms with Crippen LogP contribution < -0.4 is 0 Å². The molecule has 0 N–H and O–H groups in total. The summed E-state index contributed by atoms with van der Waals surface area (Å²) in [6, 6.07) is 5.49. The van der Waals surface area contributed by atoms with Gasteiger partial charge in [0.25, 0.3) is 0 Å². The van der Waals surface area contributed by atoms with Crippen LogP contribution in [0.25, 0.3) is 10.6 Å².